The Bertz CT molecular complexity index is 1690. The number of halogens is 3. The third kappa shape index (κ3) is 6.86. The van der Waals surface area contributed by atoms with Gasteiger partial charge in [-0.1, -0.05) is 46.9 Å². The molecule has 0 heterocycles. The molecule has 8 nitrogen and oxygen atoms in total. The molecule has 4 aromatic carbocycles. The van der Waals surface area contributed by atoms with Crippen molar-refractivity contribution in [1.29, 1.82) is 0 Å². The number of carbonyl (C=O) groups excluding carboxylic acids is 2. The highest BCUT2D eigenvalue weighted by molar-refractivity contribution is 7.87. The lowest BCUT2D eigenvalue weighted by molar-refractivity contribution is 0.0967. The SMILES string of the molecule is Cc1cc(NC(=O)NC(=O)c2ccccc2Cl)c(C)c(Cl)c1Oc1ccc(S(=O)(=O)Oc2ccc(Cl)cc2)cc1. The molecule has 0 aliphatic rings. The lowest BCUT2D eigenvalue weighted by atomic mass is 10.1. The van der Waals surface area contributed by atoms with E-state index in [1.807, 2.05) is 0 Å². The Morgan fingerprint density at radius 1 is 0.825 bits per heavy atom. The first-order valence-corrected chi connectivity index (χ1v) is 14.1. The van der Waals surface area contributed by atoms with Crippen LogP contribution in [0.1, 0.15) is 21.5 Å². The van der Waals surface area contributed by atoms with Crippen LogP contribution < -0.4 is 19.6 Å². The average molecular weight is 620 g/mol. The first kappa shape index (κ1) is 29.2. The molecule has 206 valence electrons. The van der Waals surface area contributed by atoms with Crippen molar-refractivity contribution in [3.8, 4) is 17.2 Å². The van der Waals surface area contributed by atoms with Crippen molar-refractivity contribution in [3.05, 3.63) is 111 Å². The molecular formula is C28H21Cl3N2O6S. The van der Waals surface area contributed by atoms with Gasteiger partial charge < -0.3 is 14.2 Å². The Morgan fingerprint density at radius 3 is 2.10 bits per heavy atom. The lowest BCUT2D eigenvalue weighted by Gasteiger charge is -2.17. The molecule has 0 saturated carbocycles. The third-order valence-corrected chi connectivity index (χ3v) is 7.90. The second-order valence-electron chi connectivity index (χ2n) is 8.46. The van der Waals surface area contributed by atoms with Crippen molar-refractivity contribution in [2.75, 3.05) is 5.32 Å². The van der Waals surface area contributed by atoms with Gasteiger partial charge in [-0.2, -0.15) is 8.42 Å². The zero-order valence-corrected chi connectivity index (χ0v) is 24.1. The molecule has 0 unspecified atom stereocenters. The minimum Gasteiger partial charge on any atom is -0.456 e. The van der Waals surface area contributed by atoms with Crippen molar-refractivity contribution in [3.63, 3.8) is 0 Å². The van der Waals surface area contributed by atoms with E-state index in [0.717, 1.165) is 0 Å². The number of hydrogen-bond donors (Lipinski definition) is 2. The average Bonchev–Trinajstić information content (AvgIpc) is 2.91. The number of urea groups is 1. The molecule has 0 aliphatic heterocycles. The van der Waals surface area contributed by atoms with Gasteiger partial charge in [0.15, 0.2) is 0 Å². The molecule has 4 rings (SSSR count). The third-order valence-electron chi connectivity index (χ3n) is 5.60. The van der Waals surface area contributed by atoms with Crippen LogP contribution >= 0.6 is 34.8 Å². The Kier molecular flexibility index (Phi) is 8.90. The van der Waals surface area contributed by atoms with E-state index in [2.05, 4.69) is 10.6 Å². The first-order chi connectivity index (χ1) is 18.9. The highest BCUT2D eigenvalue weighted by Crippen LogP contribution is 2.39. The maximum absolute atomic E-state index is 12.6. The van der Waals surface area contributed by atoms with Gasteiger partial charge in [-0.05, 0) is 91.7 Å². The monoisotopic (exact) mass is 618 g/mol. The van der Waals surface area contributed by atoms with Gasteiger partial charge in [-0.25, -0.2) is 4.79 Å². The maximum atomic E-state index is 12.6. The Morgan fingerprint density at radius 2 is 1.45 bits per heavy atom. The minimum atomic E-state index is -4.09. The van der Waals surface area contributed by atoms with E-state index in [-0.39, 0.29) is 26.3 Å². The van der Waals surface area contributed by atoms with Crippen LogP contribution in [0.25, 0.3) is 0 Å². The van der Waals surface area contributed by atoms with Gasteiger partial charge in [-0.3, -0.25) is 10.1 Å². The zero-order chi connectivity index (χ0) is 29.0. The Labute approximate surface area is 245 Å². The number of imide groups is 1. The molecule has 0 aromatic heterocycles. The topological polar surface area (TPSA) is 111 Å². The van der Waals surface area contributed by atoms with Crippen molar-refractivity contribution in [2.24, 2.45) is 0 Å². The van der Waals surface area contributed by atoms with E-state index < -0.39 is 22.1 Å². The first-order valence-electron chi connectivity index (χ1n) is 11.6. The molecule has 0 aliphatic carbocycles. The van der Waals surface area contributed by atoms with Crippen molar-refractivity contribution >= 4 is 62.5 Å². The molecule has 0 fully saturated rings. The van der Waals surface area contributed by atoms with Gasteiger partial charge in [0, 0.05) is 10.7 Å². The fourth-order valence-electron chi connectivity index (χ4n) is 3.53. The van der Waals surface area contributed by atoms with Gasteiger partial charge in [-0.15, -0.1) is 0 Å². The smallest absolute Gasteiger partial charge is 0.339 e. The molecule has 0 saturated heterocycles. The number of amides is 3. The Hall–Kier alpha value is -3.76. The fraction of sp³-hybridized carbons (Fsp3) is 0.0714. The number of aryl methyl sites for hydroxylation is 1. The quantitative estimate of drug-likeness (QED) is 0.204. The van der Waals surface area contributed by atoms with Crippen LogP contribution in [0.4, 0.5) is 10.5 Å². The van der Waals surface area contributed by atoms with E-state index in [9.17, 15) is 18.0 Å². The normalized spacial score (nSPS) is 11.0. The van der Waals surface area contributed by atoms with Crippen LogP contribution in [0.5, 0.6) is 17.2 Å². The number of carbonyl (C=O) groups is 2. The van der Waals surface area contributed by atoms with Crippen LogP contribution in [0, 0.1) is 13.8 Å². The van der Waals surface area contributed by atoms with Gasteiger partial charge in [0.25, 0.3) is 5.91 Å². The van der Waals surface area contributed by atoms with E-state index >= 15 is 0 Å². The zero-order valence-electron chi connectivity index (χ0n) is 21.0. The predicted molar refractivity (Wildman–Crippen MR) is 155 cm³/mol. The number of rotatable bonds is 7. The van der Waals surface area contributed by atoms with Crippen molar-refractivity contribution < 1.29 is 26.9 Å². The highest BCUT2D eigenvalue weighted by atomic mass is 35.5. The molecular weight excluding hydrogens is 599 g/mol. The van der Waals surface area contributed by atoms with Crippen LogP contribution in [0.15, 0.2) is 83.8 Å². The van der Waals surface area contributed by atoms with Crippen LogP contribution in [0.2, 0.25) is 15.1 Å². The van der Waals surface area contributed by atoms with Crippen LogP contribution in [-0.4, -0.2) is 20.4 Å². The second kappa shape index (κ2) is 12.2. The molecule has 0 bridgehead atoms. The highest BCUT2D eigenvalue weighted by Gasteiger charge is 2.20. The number of anilines is 1. The molecule has 0 radical (unpaired) electrons. The summed E-state index contributed by atoms with van der Waals surface area (Å²) < 4.78 is 36.3. The largest absolute Gasteiger partial charge is 0.456 e. The summed E-state index contributed by atoms with van der Waals surface area (Å²) in [4.78, 5) is 24.8. The molecule has 4 aromatic rings. The van der Waals surface area contributed by atoms with E-state index in [0.29, 0.717) is 33.3 Å². The molecule has 2 N–H and O–H groups in total. The molecule has 40 heavy (non-hydrogen) atoms. The maximum Gasteiger partial charge on any atom is 0.339 e. The Balaban J connectivity index is 1.46. The van der Waals surface area contributed by atoms with Crippen molar-refractivity contribution in [2.45, 2.75) is 18.7 Å². The summed E-state index contributed by atoms with van der Waals surface area (Å²) in [5.74, 6) is 0.0923. The summed E-state index contributed by atoms with van der Waals surface area (Å²) in [7, 11) is -4.09. The molecule has 12 heteroatoms. The van der Waals surface area contributed by atoms with E-state index in [1.165, 1.54) is 54.6 Å². The lowest BCUT2D eigenvalue weighted by Crippen LogP contribution is -2.34. The van der Waals surface area contributed by atoms with Crippen LogP contribution in [-0.2, 0) is 10.1 Å². The van der Waals surface area contributed by atoms with Gasteiger partial charge in [0.05, 0.1) is 15.6 Å². The van der Waals surface area contributed by atoms with Gasteiger partial charge in [0.2, 0.25) is 0 Å². The van der Waals surface area contributed by atoms with Crippen molar-refractivity contribution in [1.82, 2.24) is 5.32 Å². The number of benzene rings is 4. The summed E-state index contributed by atoms with van der Waals surface area (Å²) >= 11 is 18.4. The number of hydrogen-bond acceptors (Lipinski definition) is 6. The number of ether oxygens (including phenoxy) is 1. The minimum absolute atomic E-state index is 0.0781. The molecule has 0 spiro atoms. The van der Waals surface area contributed by atoms with E-state index in [1.54, 1.807) is 38.1 Å². The fourth-order valence-corrected chi connectivity index (χ4v) is 5.10. The number of nitrogens with one attached hydrogen (secondary N) is 2. The van der Waals surface area contributed by atoms with Crippen LogP contribution in [0.3, 0.4) is 0 Å². The standard InChI is InChI=1S/C28H21Cl3N2O6S/c1-16-15-24(32-28(35)33-27(34)22-5-3-4-6-23(22)30)17(2)25(31)26(16)38-19-11-13-21(14-12-19)40(36,37)39-20-9-7-18(29)8-10-20/h3-15H,1-2H3,(H2,32,33,34,35). The van der Waals surface area contributed by atoms with Gasteiger partial charge >= 0.3 is 16.1 Å². The summed E-state index contributed by atoms with van der Waals surface area (Å²) in [6.45, 7) is 3.39. The summed E-state index contributed by atoms with van der Waals surface area (Å²) in [6.07, 6.45) is 0. The molecule has 3 amide bonds. The summed E-state index contributed by atoms with van der Waals surface area (Å²) in [5, 5.41) is 5.72. The van der Waals surface area contributed by atoms with E-state index in [4.69, 9.17) is 43.7 Å². The second-order valence-corrected chi connectivity index (χ2v) is 11.2. The van der Waals surface area contributed by atoms with Gasteiger partial charge in [0.1, 0.15) is 22.1 Å². The predicted octanol–water partition coefficient (Wildman–Crippen LogP) is 7.79. The molecule has 0 atom stereocenters. The summed E-state index contributed by atoms with van der Waals surface area (Å²) in [6, 6.07) is 18.7. The summed E-state index contributed by atoms with van der Waals surface area (Å²) in [5.41, 5.74) is 1.58.